The van der Waals surface area contributed by atoms with Crippen LogP contribution < -0.4 is 9.47 Å². The van der Waals surface area contributed by atoms with Crippen LogP contribution in [-0.4, -0.2) is 18.7 Å². The van der Waals surface area contributed by atoms with E-state index in [1.165, 1.54) is 76.3 Å². The Balaban J connectivity index is 1.06. The lowest BCUT2D eigenvalue weighted by Gasteiger charge is -2.45. The van der Waals surface area contributed by atoms with Gasteiger partial charge in [0.1, 0.15) is 12.7 Å². The molecule has 0 heterocycles. The lowest BCUT2D eigenvalue weighted by Crippen LogP contribution is -2.37. The molecule has 3 aliphatic carbocycles. The van der Waals surface area contributed by atoms with Gasteiger partial charge in [0.05, 0.1) is 12.2 Å². The molecule has 3 fully saturated rings. The second kappa shape index (κ2) is 14.0. The SMILES string of the molecule is CCCC1CCC(C2CCC3CC(OC(=O)c4ccc(COc5ccc(OCC)c(F)c5F)cc4)CCC3C2)CC1. The van der Waals surface area contributed by atoms with Gasteiger partial charge >= 0.3 is 5.97 Å². The molecule has 0 bridgehead atoms. The van der Waals surface area contributed by atoms with Crippen LogP contribution in [0.1, 0.15) is 107 Å². The van der Waals surface area contributed by atoms with E-state index in [0.29, 0.717) is 11.5 Å². The van der Waals surface area contributed by atoms with E-state index in [1.807, 2.05) is 0 Å². The van der Waals surface area contributed by atoms with Gasteiger partial charge in [-0.05, 0) is 118 Å². The molecule has 0 N–H and O–H groups in total. The molecule has 0 aliphatic heterocycles. The molecule has 4 nitrogen and oxygen atoms in total. The van der Waals surface area contributed by atoms with Crippen LogP contribution in [0.3, 0.4) is 0 Å². The van der Waals surface area contributed by atoms with Crippen LogP contribution in [-0.2, 0) is 11.3 Å². The molecule has 41 heavy (non-hydrogen) atoms. The Bertz CT molecular complexity index is 1140. The maximum Gasteiger partial charge on any atom is 0.338 e. The summed E-state index contributed by atoms with van der Waals surface area (Å²) in [6.07, 6.45) is 15.6. The molecule has 0 spiro atoms. The molecule has 2 aromatic rings. The van der Waals surface area contributed by atoms with Crippen LogP contribution >= 0.6 is 0 Å². The van der Waals surface area contributed by atoms with Crippen LogP contribution in [0.2, 0.25) is 0 Å². The third-order valence-corrected chi connectivity index (χ3v) is 10.0. The van der Waals surface area contributed by atoms with E-state index in [-0.39, 0.29) is 36.8 Å². The zero-order valence-electron chi connectivity index (χ0n) is 24.7. The summed E-state index contributed by atoms with van der Waals surface area (Å²) in [5.74, 6) is 1.55. The van der Waals surface area contributed by atoms with Crippen molar-refractivity contribution in [1.29, 1.82) is 0 Å². The summed E-state index contributed by atoms with van der Waals surface area (Å²) < 4.78 is 44.9. The molecule has 224 valence electrons. The Labute approximate surface area is 244 Å². The highest BCUT2D eigenvalue weighted by molar-refractivity contribution is 5.89. The summed E-state index contributed by atoms with van der Waals surface area (Å²) in [5, 5.41) is 0. The standard InChI is InChI=1S/C35H46F2O4/c1-3-5-23-6-10-25(11-7-23)27-14-15-29-21-30(17-16-28(29)20-27)41-35(38)26-12-8-24(9-13-26)22-40-32-19-18-31(39-4-2)33(36)34(32)37/h8-9,12-13,18-19,23,25,27-30H,3-7,10-11,14-17,20-22H2,1-2H3. The molecule has 0 radical (unpaired) electrons. The maximum absolute atomic E-state index is 14.3. The first-order chi connectivity index (χ1) is 19.9. The van der Waals surface area contributed by atoms with Crippen molar-refractivity contribution in [3.05, 3.63) is 59.2 Å². The second-order valence-corrected chi connectivity index (χ2v) is 12.6. The zero-order valence-corrected chi connectivity index (χ0v) is 24.7. The summed E-state index contributed by atoms with van der Waals surface area (Å²) in [5.41, 5.74) is 1.24. The molecule has 3 aliphatic rings. The Hall–Kier alpha value is -2.63. The van der Waals surface area contributed by atoms with Crippen molar-refractivity contribution in [2.75, 3.05) is 6.61 Å². The largest absolute Gasteiger partial charge is 0.491 e. The van der Waals surface area contributed by atoms with E-state index in [0.717, 1.165) is 42.1 Å². The minimum Gasteiger partial charge on any atom is -0.491 e. The number of hydrogen-bond acceptors (Lipinski definition) is 4. The summed E-state index contributed by atoms with van der Waals surface area (Å²) in [6, 6.07) is 9.65. The zero-order chi connectivity index (χ0) is 28.8. The van der Waals surface area contributed by atoms with Crippen LogP contribution in [0.15, 0.2) is 36.4 Å². The lowest BCUT2D eigenvalue weighted by atomic mass is 9.62. The average Bonchev–Trinajstić information content (AvgIpc) is 3.00. The molecule has 5 rings (SSSR count). The minimum absolute atomic E-state index is 0.00896. The lowest BCUT2D eigenvalue weighted by molar-refractivity contribution is -0.0115. The van der Waals surface area contributed by atoms with E-state index in [2.05, 4.69) is 6.92 Å². The first-order valence-corrected chi connectivity index (χ1v) is 16.0. The predicted octanol–water partition coefficient (Wildman–Crippen LogP) is 9.29. The summed E-state index contributed by atoms with van der Waals surface area (Å²) in [6.45, 7) is 4.31. The fourth-order valence-corrected chi connectivity index (χ4v) is 7.78. The van der Waals surface area contributed by atoms with Crippen molar-refractivity contribution in [3.63, 3.8) is 0 Å². The number of carbonyl (C=O) groups excluding carboxylic acids is 1. The highest BCUT2D eigenvalue weighted by atomic mass is 19.2. The highest BCUT2D eigenvalue weighted by Crippen LogP contribution is 2.48. The van der Waals surface area contributed by atoms with Gasteiger partial charge in [-0.15, -0.1) is 0 Å². The fraction of sp³-hybridized carbons (Fsp3) is 0.629. The van der Waals surface area contributed by atoms with Gasteiger partial charge in [-0.25, -0.2) is 4.79 Å². The highest BCUT2D eigenvalue weighted by Gasteiger charge is 2.39. The van der Waals surface area contributed by atoms with Crippen molar-refractivity contribution in [2.45, 2.75) is 104 Å². The Morgan fingerprint density at radius 3 is 1.98 bits per heavy atom. The predicted molar refractivity (Wildman–Crippen MR) is 156 cm³/mol. The number of carbonyl (C=O) groups is 1. The number of benzene rings is 2. The van der Waals surface area contributed by atoms with Crippen molar-refractivity contribution in [1.82, 2.24) is 0 Å². The molecule has 3 saturated carbocycles. The Morgan fingerprint density at radius 1 is 0.732 bits per heavy atom. The van der Waals surface area contributed by atoms with Crippen LogP contribution in [0.25, 0.3) is 0 Å². The van der Waals surface area contributed by atoms with Crippen molar-refractivity contribution >= 4 is 5.97 Å². The van der Waals surface area contributed by atoms with E-state index in [4.69, 9.17) is 14.2 Å². The van der Waals surface area contributed by atoms with Crippen LogP contribution in [0, 0.1) is 41.2 Å². The third kappa shape index (κ3) is 7.42. The van der Waals surface area contributed by atoms with E-state index >= 15 is 0 Å². The number of halogens is 2. The summed E-state index contributed by atoms with van der Waals surface area (Å²) >= 11 is 0. The Kier molecular flexibility index (Phi) is 10.2. The van der Waals surface area contributed by atoms with Gasteiger partial charge in [0.2, 0.25) is 11.6 Å². The first kappa shape index (κ1) is 29.8. The summed E-state index contributed by atoms with van der Waals surface area (Å²) in [4.78, 5) is 12.9. The quantitative estimate of drug-likeness (QED) is 0.268. The number of fused-ring (bicyclic) bond motifs is 1. The molecule has 4 unspecified atom stereocenters. The molecule has 2 aromatic carbocycles. The molecular formula is C35H46F2O4. The van der Waals surface area contributed by atoms with Crippen LogP contribution in [0.4, 0.5) is 8.78 Å². The van der Waals surface area contributed by atoms with E-state index in [9.17, 15) is 13.6 Å². The van der Waals surface area contributed by atoms with Crippen LogP contribution in [0.5, 0.6) is 11.5 Å². The maximum atomic E-state index is 14.3. The summed E-state index contributed by atoms with van der Waals surface area (Å²) in [7, 11) is 0. The van der Waals surface area contributed by atoms with Gasteiger partial charge in [-0.3, -0.25) is 0 Å². The van der Waals surface area contributed by atoms with Gasteiger partial charge in [-0.1, -0.05) is 44.7 Å². The third-order valence-electron chi connectivity index (χ3n) is 10.0. The molecular weight excluding hydrogens is 522 g/mol. The number of rotatable bonds is 10. The van der Waals surface area contributed by atoms with Crippen molar-refractivity contribution < 1.29 is 27.8 Å². The van der Waals surface area contributed by atoms with Gasteiger partial charge < -0.3 is 14.2 Å². The monoisotopic (exact) mass is 568 g/mol. The van der Waals surface area contributed by atoms with Crippen molar-refractivity contribution in [3.8, 4) is 11.5 Å². The van der Waals surface area contributed by atoms with Crippen molar-refractivity contribution in [2.24, 2.45) is 29.6 Å². The molecule has 0 amide bonds. The van der Waals surface area contributed by atoms with E-state index in [1.54, 1.807) is 31.2 Å². The normalized spacial score (nSPS) is 28.0. The minimum atomic E-state index is -1.08. The topological polar surface area (TPSA) is 44.8 Å². The second-order valence-electron chi connectivity index (χ2n) is 12.6. The van der Waals surface area contributed by atoms with Gasteiger partial charge in [0, 0.05) is 0 Å². The average molecular weight is 569 g/mol. The Morgan fingerprint density at radius 2 is 1.32 bits per heavy atom. The molecule has 0 aromatic heterocycles. The number of hydrogen-bond donors (Lipinski definition) is 0. The van der Waals surface area contributed by atoms with E-state index < -0.39 is 11.6 Å². The smallest absolute Gasteiger partial charge is 0.338 e. The molecule has 0 saturated heterocycles. The fourth-order valence-electron chi connectivity index (χ4n) is 7.78. The first-order valence-electron chi connectivity index (χ1n) is 16.0. The number of ether oxygens (including phenoxy) is 3. The molecule has 4 atom stereocenters. The van der Waals surface area contributed by atoms with Gasteiger partial charge in [-0.2, -0.15) is 8.78 Å². The number of esters is 1. The van der Waals surface area contributed by atoms with Gasteiger partial charge in [0.25, 0.3) is 0 Å². The van der Waals surface area contributed by atoms with Gasteiger partial charge in [0.15, 0.2) is 11.5 Å². The molecule has 6 heteroatoms.